The Kier molecular flexibility index (Phi) is 6.99. The molecule has 2 N–H and O–H groups in total. The van der Waals surface area contributed by atoms with Crippen LogP contribution in [-0.4, -0.2) is 32.3 Å². The summed E-state index contributed by atoms with van der Waals surface area (Å²) in [4.78, 5) is 24.1. The smallest absolute Gasteiger partial charge is 0.410 e. The Morgan fingerprint density at radius 1 is 1.08 bits per heavy atom. The van der Waals surface area contributed by atoms with E-state index in [1.165, 1.54) is 0 Å². The van der Waals surface area contributed by atoms with E-state index in [0.29, 0.717) is 24.6 Å². The predicted octanol–water partition coefficient (Wildman–Crippen LogP) is 3.70. The summed E-state index contributed by atoms with van der Waals surface area (Å²) in [5, 5.41) is 5.53. The van der Waals surface area contributed by atoms with Gasteiger partial charge in [-0.25, -0.2) is 4.79 Å². The third kappa shape index (κ3) is 6.74. The molecule has 0 spiro atoms. The van der Waals surface area contributed by atoms with Crippen LogP contribution in [0, 0.1) is 5.41 Å². The first-order chi connectivity index (χ1) is 11.4. The summed E-state index contributed by atoms with van der Waals surface area (Å²) < 4.78 is 10.3. The van der Waals surface area contributed by atoms with Gasteiger partial charge in [0.05, 0.1) is 6.61 Å². The van der Waals surface area contributed by atoms with Crippen LogP contribution in [-0.2, 0) is 14.9 Å². The monoisotopic (exact) mass is 350 g/mol. The zero-order valence-corrected chi connectivity index (χ0v) is 16.3. The number of nitrogens with one attached hydrogen (secondary N) is 2. The van der Waals surface area contributed by atoms with Gasteiger partial charge in [0.25, 0.3) is 0 Å². The van der Waals surface area contributed by atoms with Crippen molar-refractivity contribution in [1.29, 1.82) is 0 Å². The fourth-order valence-corrected chi connectivity index (χ4v) is 1.99. The fraction of sp³-hybridized carbons (Fsp3) is 0.579. The van der Waals surface area contributed by atoms with Crippen LogP contribution in [0.5, 0.6) is 5.75 Å². The lowest BCUT2D eigenvalue weighted by molar-refractivity contribution is -0.123. The highest BCUT2D eigenvalue weighted by molar-refractivity contribution is 5.94. The largest absolute Gasteiger partial charge is 0.412 e. The number of rotatable bonds is 5. The van der Waals surface area contributed by atoms with E-state index in [9.17, 15) is 9.59 Å². The second-order valence-electron chi connectivity index (χ2n) is 7.97. The van der Waals surface area contributed by atoms with Crippen molar-refractivity contribution in [2.24, 2.45) is 5.41 Å². The highest BCUT2D eigenvalue weighted by atomic mass is 16.6. The molecule has 1 rings (SSSR count). The number of hydrogen-bond acceptors (Lipinski definition) is 4. The molecular formula is C19H30N2O4. The van der Waals surface area contributed by atoms with Crippen LogP contribution >= 0.6 is 0 Å². The number of carbonyl (C=O) groups is 2. The minimum Gasteiger partial charge on any atom is -0.410 e. The molecule has 0 heterocycles. The number of amides is 2. The lowest BCUT2D eigenvalue weighted by atomic mass is 9.86. The van der Waals surface area contributed by atoms with E-state index in [-0.39, 0.29) is 11.3 Å². The molecule has 0 saturated heterocycles. The van der Waals surface area contributed by atoms with Gasteiger partial charge in [0.15, 0.2) is 0 Å². The van der Waals surface area contributed by atoms with Gasteiger partial charge in [-0.1, -0.05) is 41.5 Å². The maximum Gasteiger partial charge on any atom is 0.412 e. The van der Waals surface area contributed by atoms with E-state index in [1.807, 2.05) is 47.6 Å². The number of anilines is 1. The molecule has 0 aliphatic heterocycles. The van der Waals surface area contributed by atoms with Gasteiger partial charge in [-0.05, 0) is 23.6 Å². The predicted molar refractivity (Wildman–Crippen MR) is 99.1 cm³/mol. The molecule has 0 radical (unpaired) electrons. The van der Waals surface area contributed by atoms with Gasteiger partial charge in [-0.15, -0.1) is 0 Å². The number of ether oxygens (including phenoxy) is 2. The molecule has 0 fully saturated rings. The Balaban J connectivity index is 2.99. The lowest BCUT2D eigenvalue weighted by Gasteiger charge is -2.24. The molecule has 0 aliphatic rings. The average molecular weight is 350 g/mol. The Morgan fingerprint density at radius 2 is 1.72 bits per heavy atom. The van der Waals surface area contributed by atoms with Gasteiger partial charge in [-0.2, -0.15) is 0 Å². The maximum absolute atomic E-state index is 12.2. The number of hydrogen-bond donors (Lipinski definition) is 2. The zero-order chi connectivity index (χ0) is 19.3. The standard InChI is InChI=1S/C19H30N2O4/c1-18(2,3)14-12-13(21-16(22)19(4,5)6)8-9-15(14)25-17(23)20-10-11-24-7/h8-9,12H,10-11H2,1-7H3,(H,20,23)(H,21,22). The lowest BCUT2D eigenvalue weighted by Crippen LogP contribution is -2.31. The maximum atomic E-state index is 12.2. The summed E-state index contributed by atoms with van der Waals surface area (Å²) in [7, 11) is 1.56. The van der Waals surface area contributed by atoms with Gasteiger partial charge in [0, 0.05) is 30.3 Å². The van der Waals surface area contributed by atoms with E-state index < -0.39 is 11.5 Å². The topological polar surface area (TPSA) is 76.7 Å². The summed E-state index contributed by atoms with van der Waals surface area (Å²) in [6, 6.07) is 5.28. The Labute approximate surface area is 150 Å². The van der Waals surface area contributed by atoms with Crippen LogP contribution in [0.3, 0.4) is 0 Å². The first kappa shape index (κ1) is 21.0. The van der Waals surface area contributed by atoms with E-state index in [4.69, 9.17) is 9.47 Å². The van der Waals surface area contributed by atoms with Crippen molar-refractivity contribution < 1.29 is 19.1 Å². The van der Waals surface area contributed by atoms with Gasteiger partial charge >= 0.3 is 6.09 Å². The van der Waals surface area contributed by atoms with Crippen LogP contribution in [0.1, 0.15) is 47.1 Å². The molecule has 140 valence electrons. The highest BCUT2D eigenvalue weighted by Gasteiger charge is 2.24. The highest BCUT2D eigenvalue weighted by Crippen LogP contribution is 2.34. The molecule has 0 aliphatic carbocycles. The molecule has 0 aromatic heterocycles. The zero-order valence-electron chi connectivity index (χ0n) is 16.3. The number of carbonyl (C=O) groups excluding carboxylic acids is 2. The van der Waals surface area contributed by atoms with Crippen molar-refractivity contribution >= 4 is 17.7 Å². The summed E-state index contributed by atoms with van der Waals surface area (Å²) in [5.41, 5.74) is 0.765. The molecule has 0 bridgehead atoms. The number of methoxy groups -OCH3 is 1. The second kappa shape index (κ2) is 8.34. The van der Waals surface area contributed by atoms with Crippen molar-refractivity contribution in [3.05, 3.63) is 23.8 Å². The van der Waals surface area contributed by atoms with Gasteiger partial charge < -0.3 is 20.1 Å². The van der Waals surface area contributed by atoms with Crippen LogP contribution in [0.15, 0.2) is 18.2 Å². The average Bonchev–Trinajstić information content (AvgIpc) is 2.47. The van der Waals surface area contributed by atoms with Crippen LogP contribution in [0.2, 0.25) is 0 Å². The van der Waals surface area contributed by atoms with E-state index in [1.54, 1.807) is 19.2 Å². The van der Waals surface area contributed by atoms with Gasteiger partial charge in [-0.3, -0.25) is 4.79 Å². The molecule has 1 aromatic carbocycles. The summed E-state index contributed by atoms with van der Waals surface area (Å²) in [5.74, 6) is 0.398. The van der Waals surface area contributed by atoms with Crippen molar-refractivity contribution in [2.45, 2.75) is 47.0 Å². The van der Waals surface area contributed by atoms with Crippen molar-refractivity contribution in [3.63, 3.8) is 0 Å². The van der Waals surface area contributed by atoms with Crippen molar-refractivity contribution in [1.82, 2.24) is 5.32 Å². The molecule has 0 atom stereocenters. The summed E-state index contributed by atoms with van der Waals surface area (Å²) >= 11 is 0. The molecule has 2 amide bonds. The summed E-state index contributed by atoms with van der Waals surface area (Å²) in [6.07, 6.45) is -0.533. The Morgan fingerprint density at radius 3 is 2.24 bits per heavy atom. The first-order valence-corrected chi connectivity index (χ1v) is 8.36. The Bertz CT molecular complexity index is 613. The normalized spacial score (nSPS) is 11.8. The fourth-order valence-electron chi connectivity index (χ4n) is 1.99. The molecular weight excluding hydrogens is 320 g/mol. The molecule has 0 unspecified atom stereocenters. The van der Waals surface area contributed by atoms with Gasteiger partial charge in [0.2, 0.25) is 5.91 Å². The van der Waals surface area contributed by atoms with Crippen LogP contribution < -0.4 is 15.4 Å². The SMILES string of the molecule is COCCNC(=O)Oc1ccc(NC(=O)C(C)(C)C)cc1C(C)(C)C. The summed E-state index contributed by atoms with van der Waals surface area (Å²) in [6.45, 7) is 12.4. The third-order valence-corrected chi connectivity index (χ3v) is 3.50. The molecule has 6 nitrogen and oxygen atoms in total. The Hall–Kier alpha value is -2.08. The molecule has 25 heavy (non-hydrogen) atoms. The molecule has 0 saturated carbocycles. The second-order valence-corrected chi connectivity index (χ2v) is 7.97. The quantitative estimate of drug-likeness (QED) is 0.794. The molecule has 6 heteroatoms. The van der Waals surface area contributed by atoms with Crippen LogP contribution in [0.4, 0.5) is 10.5 Å². The minimum atomic E-state index is -0.533. The van der Waals surface area contributed by atoms with E-state index >= 15 is 0 Å². The first-order valence-electron chi connectivity index (χ1n) is 8.36. The van der Waals surface area contributed by atoms with Gasteiger partial charge in [0.1, 0.15) is 5.75 Å². The van der Waals surface area contributed by atoms with Crippen molar-refractivity contribution in [2.75, 3.05) is 25.6 Å². The van der Waals surface area contributed by atoms with Crippen LogP contribution in [0.25, 0.3) is 0 Å². The number of benzene rings is 1. The third-order valence-electron chi connectivity index (χ3n) is 3.50. The molecule has 1 aromatic rings. The van der Waals surface area contributed by atoms with E-state index in [0.717, 1.165) is 5.56 Å². The minimum absolute atomic E-state index is 0.0710. The van der Waals surface area contributed by atoms with E-state index in [2.05, 4.69) is 10.6 Å². The van der Waals surface area contributed by atoms with Crippen molar-refractivity contribution in [3.8, 4) is 5.75 Å².